The van der Waals surface area contributed by atoms with Crippen molar-refractivity contribution in [3.05, 3.63) is 0 Å². The summed E-state index contributed by atoms with van der Waals surface area (Å²) in [5.74, 6) is 0. The molecule has 60 valence electrons. The molecule has 0 heterocycles. The quantitative estimate of drug-likeness (QED) is 0.603. The van der Waals surface area contributed by atoms with Crippen LogP contribution in [-0.2, 0) is 0 Å². The third kappa shape index (κ3) is 0.956. The van der Waals surface area contributed by atoms with Crippen molar-refractivity contribution in [2.45, 2.75) is 38.7 Å². The summed E-state index contributed by atoms with van der Waals surface area (Å²) in [5.41, 5.74) is 5.05. The minimum absolute atomic E-state index is 0.0347. The fourth-order valence-electron chi connectivity index (χ4n) is 1.67. The Morgan fingerprint density at radius 3 is 2.00 bits per heavy atom. The van der Waals surface area contributed by atoms with Gasteiger partial charge in [0.05, 0.1) is 5.60 Å². The van der Waals surface area contributed by atoms with Gasteiger partial charge in [-0.1, -0.05) is 6.42 Å². The largest absolute Gasteiger partial charge is 0.390 e. The van der Waals surface area contributed by atoms with Crippen molar-refractivity contribution in [3.63, 3.8) is 0 Å². The first-order valence-electron chi connectivity index (χ1n) is 3.94. The van der Waals surface area contributed by atoms with Crippen LogP contribution in [0.2, 0.25) is 0 Å². The van der Waals surface area contributed by atoms with E-state index in [4.69, 9.17) is 5.73 Å². The molecule has 1 fully saturated rings. The summed E-state index contributed by atoms with van der Waals surface area (Å²) < 4.78 is 0. The van der Waals surface area contributed by atoms with E-state index in [2.05, 4.69) is 0 Å². The number of hydrogen-bond acceptors (Lipinski definition) is 2. The second-order valence-electron chi connectivity index (χ2n) is 3.90. The van der Waals surface area contributed by atoms with E-state index >= 15 is 0 Å². The van der Waals surface area contributed by atoms with Crippen molar-refractivity contribution in [2.24, 2.45) is 11.1 Å². The van der Waals surface area contributed by atoms with E-state index in [9.17, 15) is 5.11 Å². The van der Waals surface area contributed by atoms with Crippen molar-refractivity contribution in [1.82, 2.24) is 0 Å². The maximum atomic E-state index is 9.71. The number of rotatable bonds is 2. The molecule has 0 radical (unpaired) electrons. The van der Waals surface area contributed by atoms with Crippen molar-refractivity contribution in [3.8, 4) is 0 Å². The smallest absolute Gasteiger partial charge is 0.0659 e. The standard InChI is InChI=1S/C8H17NO/c1-7(2,10)8(6-9)4-3-5-8/h10H,3-6,9H2,1-2H3. The summed E-state index contributed by atoms with van der Waals surface area (Å²) in [7, 11) is 0. The minimum Gasteiger partial charge on any atom is -0.390 e. The molecule has 1 saturated carbocycles. The Bertz CT molecular complexity index is 116. The molecule has 2 nitrogen and oxygen atoms in total. The Hall–Kier alpha value is -0.0800. The van der Waals surface area contributed by atoms with E-state index in [0.29, 0.717) is 6.54 Å². The second-order valence-corrected chi connectivity index (χ2v) is 3.90. The topological polar surface area (TPSA) is 46.2 Å². The van der Waals surface area contributed by atoms with E-state index < -0.39 is 5.60 Å². The predicted octanol–water partition coefficient (Wildman–Crippen LogP) is 0.886. The first-order chi connectivity index (χ1) is 4.52. The zero-order valence-corrected chi connectivity index (χ0v) is 6.85. The van der Waals surface area contributed by atoms with Gasteiger partial charge in [-0.25, -0.2) is 0 Å². The molecule has 0 aromatic carbocycles. The van der Waals surface area contributed by atoms with Gasteiger partial charge in [-0.05, 0) is 26.7 Å². The molecule has 0 amide bonds. The van der Waals surface area contributed by atoms with E-state index in [1.54, 1.807) is 0 Å². The molecule has 0 aromatic heterocycles. The van der Waals surface area contributed by atoms with Crippen LogP contribution in [0.5, 0.6) is 0 Å². The second kappa shape index (κ2) is 2.21. The van der Waals surface area contributed by atoms with Crippen molar-refractivity contribution < 1.29 is 5.11 Å². The lowest BCUT2D eigenvalue weighted by Gasteiger charge is -2.49. The molecule has 1 aliphatic carbocycles. The molecular weight excluding hydrogens is 126 g/mol. The number of nitrogens with two attached hydrogens (primary N) is 1. The van der Waals surface area contributed by atoms with Crippen LogP contribution < -0.4 is 5.73 Å². The highest BCUT2D eigenvalue weighted by atomic mass is 16.3. The summed E-state index contributed by atoms with van der Waals surface area (Å²) in [6.07, 6.45) is 3.40. The summed E-state index contributed by atoms with van der Waals surface area (Å²) in [6, 6.07) is 0. The van der Waals surface area contributed by atoms with Crippen molar-refractivity contribution >= 4 is 0 Å². The maximum Gasteiger partial charge on any atom is 0.0659 e. The molecule has 0 bridgehead atoms. The third-order valence-corrected chi connectivity index (χ3v) is 3.00. The number of hydrogen-bond donors (Lipinski definition) is 2. The van der Waals surface area contributed by atoms with E-state index in [1.165, 1.54) is 6.42 Å². The molecule has 0 aliphatic heterocycles. The van der Waals surface area contributed by atoms with Gasteiger partial charge in [0.25, 0.3) is 0 Å². The average Bonchev–Trinajstić information content (AvgIpc) is 1.58. The highest BCUT2D eigenvalue weighted by molar-refractivity contribution is 4.99. The van der Waals surface area contributed by atoms with E-state index in [-0.39, 0.29) is 5.41 Å². The normalized spacial score (nSPS) is 24.0. The lowest BCUT2D eigenvalue weighted by molar-refractivity contribution is -0.0962. The Balaban J connectivity index is 2.65. The van der Waals surface area contributed by atoms with Crippen LogP contribution in [0.3, 0.4) is 0 Å². The van der Waals surface area contributed by atoms with E-state index in [0.717, 1.165) is 12.8 Å². The molecule has 0 unspecified atom stereocenters. The SMILES string of the molecule is CC(C)(O)C1(CN)CCC1. The monoisotopic (exact) mass is 143 g/mol. The Morgan fingerprint density at radius 2 is 2.00 bits per heavy atom. The Kier molecular flexibility index (Phi) is 1.77. The van der Waals surface area contributed by atoms with Gasteiger partial charge in [0.2, 0.25) is 0 Å². The lowest BCUT2D eigenvalue weighted by atomic mass is 9.60. The maximum absolute atomic E-state index is 9.71. The first-order valence-corrected chi connectivity index (χ1v) is 3.94. The molecular formula is C8H17NO. The molecule has 1 rings (SSSR count). The van der Waals surface area contributed by atoms with Gasteiger partial charge < -0.3 is 10.8 Å². The average molecular weight is 143 g/mol. The predicted molar refractivity (Wildman–Crippen MR) is 41.6 cm³/mol. The minimum atomic E-state index is -0.583. The highest BCUT2D eigenvalue weighted by Gasteiger charge is 2.47. The highest BCUT2D eigenvalue weighted by Crippen LogP contribution is 2.47. The van der Waals surface area contributed by atoms with Crippen molar-refractivity contribution in [1.29, 1.82) is 0 Å². The fraction of sp³-hybridized carbons (Fsp3) is 1.00. The van der Waals surface area contributed by atoms with Crippen LogP contribution in [0.4, 0.5) is 0 Å². The zero-order chi connectivity index (χ0) is 7.83. The summed E-state index contributed by atoms with van der Waals surface area (Å²) in [4.78, 5) is 0. The van der Waals surface area contributed by atoms with Crippen LogP contribution in [-0.4, -0.2) is 17.3 Å². The molecule has 3 N–H and O–H groups in total. The lowest BCUT2D eigenvalue weighted by Crippen LogP contribution is -2.53. The van der Waals surface area contributed by atoms with Gasteiger partial charge in [-0.3, -0.25) is 0 Å². The summed E-state index contributed by atoms with van der Waals surface area (Å²) in [6.45, 7) is 4.34. The van der Waals surface area contributed by atoms with Crippen LogP contribution in [0.15, 0.2) is 0 Å². The van der Waals surface area contributed by atoms with E-state index in [1.807, 2.05) is 13.8 Å². The molecule has 10 heavy (non-hydrogen) atoms. The van der Waals surface area contributed by atoms with Crippen LogP contribution >= 0.6 is 0 Å². The van der Waals surface area contributed by atoms with Crippen molar-refractivity contribution in [2.75, 3.05) is 6.54 Å². The Morgan fingerprint density at radius 1 is 1.50 bits per heavy atom. The molecule has 0 aromatic rings. The molecule has 0 saturated heterocycles. The Labute approximate surface area is 62.4 Å². The van der Waals surface area contributed by atoms with Gasteiger partial charge in [-0.15, -0.1) is 0 Å². The molecule has 0 spiro atoms. The molecule has 0 atom stereocenters. The van der Waals surface area contributed by atoms with Crippen LogP contribution in [0.1, 0.15) is 33.1 Å². The summed E-state index contributed by atoms with van der Waals surface area (Å²) in [5, 5.41) is 9.71. The van der Waals surface area contributed by atoms with Gasteiger partial charge >= 0.3 is 0 Å². The first kappa shape index (κ1) is 8.02. The summed E-state index contributed by atoms with van der Waals surface area (Å²) >= 11 is 0. The fourth-order valence-corrected chi connectivity index (χ4v) is 1.67. The van der Waals surface area contributed by atoms with Crippen LogP contribution in [0, 0.1) is 5.41 Å². The van der Waals surface area contributed by atoms with Crippen LogP contribution in [0.25, 0.3) is 0 Å². The van der Waals surface area contributed by atoms with Gasteiger partial charge in [0.1, 0.15) is 0 Å². The third-order valence-electron chi connectivity index (χ3n) is 3.00. The zero-order valence-electron chi connectivity index (χ0n) is 6.85. The molecule has 2 heteroatoms. The number of aliphatic hydroxyl groups is 1. The van der Waals surface area contributed by atoms with Gasteiger partial charge in [0.15, 0.2) is 0 Å². The van der Waals surface area contributed by atoms with Gasteiger partial charge in [-0.2, -0.15) is 0 Å². The van der Waals surface area contributed by atoms with Gasteiger partial charge in [0, 0.05) is 12.0 Å². The molecule has 1 aliphatic rings.